The van der Waals surface area contributed by atoms with Gasteiger partial charge in [0.15, 0.2) is 9.81 Å². The normalized spacial score (nSPS) is 12.0. The fourth-order valence-corrected chi connectivity index (χ4v) is 4.95. The Hall–Kier alpha value is -2.84. The molecule has 148 valence electrons. The van der Waals surface area contributed by atoms with Crippen molar-refractivity contribution in [3.05, 3.63) is 57.8 Å². The molecule has 0 radical (unpaired) electrons. The SMILES string of the molecule is CCOC(=O)Cn1c(=NC(=O)c2nc3ccccc3s2)sc2cc(CC)ccc21. The third-order valence-electron chi connectivity index (χ3n) is 4.42. The van der Waals surface area contributed by atoms with Gasteiger partial charge in [0.1, 0.15) is 6.54 Å². The molecule has 0 unspecified atom stereocenters. The second-order valence-electron chi connectivity index (χ2n) is 6.34. The number of hydrogen-bond acceptors (Lipinski definition) is 6. The molecule has 0 aliphatic rings. The van der Waals surface area contributed by atoms with Crippen LogP contribution in [0.25, 0.3) is 20.4 Å². The first-order chi connectivity index (χ1) is 14.1. The number of carbonyl (C=O) groups is 2. The minimum atomic E-state index is -0.411. The summed E-state index contributed by atoms with van der Waals surface area (Å²) in [6.45, 7) is 4.16. The Balaban J connectivity index is 1.81. The molecule has 0 N–H and O–H groups in total. The fraction of sp³-hybridized carbons (Fsp3) is 0.238. The lowest BCUT2D eigenvalue weighted by Gasteiger charge is -2.05. The van der Waals surface area contributed by atoms with Gasteiger partial charge in [0.25, 0.3) is 0 Å². The largest absolute Gasteiger partial charge is 0.465 e. The molecular formula is C21H19N3O3S2. The first-order valence-corrected chi connectivity index (χ1v) is 10.9. The number of esters is 1. The maximum Gasteiger partial charge on any atom is 0.326 e. The van der Waals surface area contributed by atoms with Crippen LogP contribution in [0.3, 0.4) is 0 Å². The zero-order valence-electron chi connectivity index (χ0n) is 16.0. The predicted octanol–water partition coefficient (Wildman–Crippen LogP) is 4.18. The number of amides is 1. The van der Waals surface area contributed by atoms with Crippen LogP contribution in [0.2, 0.25) is 0 Å². The van der Waals surface area contributed by atoms with E-state index in [2.05, 4.69) is 23.0 Å². The number of ether oxygens (including phenoxy) is 1. The molecule has 0 spiro atoms. The number of carbonyl (C=O) groups excluding carboxylic acids is 2. The zero-order chi connectivity index (χ0) is 20.4. The van der Waals surface area contributed by atoms with E-state index >= 15 is 0 Å². The van der Waals surface area contributed by atoms with Crippen molar-refractivity contribution in [2.75, 3.05) is 6.61 Å². The van der Waals surface area contributed by atoms with Crippen LogP contribution in [0.15, 0.2) is 47.5 Å². The summed E-state index contributed by atoms with van der Waals surface area (Å²) in [5, 5.41) is 0.334. The van der Waals surface area contributed by atoms with E-state index in [9.17, 15) is 9.59 Å². The lowest BCUT2D eigenvalue weighted by atomic mass is 10.2. The maximum atomic E-state index is 12.8. The molecule has 0 saturated heterocycles. The lowest BCUT2D eigenvalue weighted by molar-refractivity contribution is -0.143. The van der Waals surface area contributed by atoms with E-state index in [1.165, 1.54) is 28.2 Å². The molecule has 0 aliphatic heterocycles. The summed E-state index contributed by atoms with van der Waals surface area (Å²) in [6.07, 6.45) is 0.906. The Morgan fingerprint density at radius 2 is 1.93 bits per heavy atom. The van der Waals surface area contributed by atoms with Crippen LogP contribution >= 0.6 is 22.7 Å². The first kappa shape index (κ1) is 19.5. The van der Waals surface area contributed by atoms with Crippen LogP contribution in [0, 0.1) is 0 Å². The van der Waals surface area contributed by atoms with Crippen molar-refractivity contribution in [3.8, 4) is 0 Å². The number of para-hydroxylation sites is 1. The topological polar surface area (TPSA) is 73.6 Å². The second kappa shape index (κ2) is 8.26. The van der Waals surface area contributed by atoms with Crippen molar-refractivity contribution in [1.82, 2.24) is 9.55 Å². The summed E-state index contributed by atoms with van der Waals surface area (Å²) in [5.74, 6) is -0.772. The van der Waals surface area contributed by atoms with Crippen LogP contribution < -0.4 is 4.80 Å². The maximum absolute atomic E-state index is 12.8. The highest BCUT2D eigenvalue weighted by Gasteiger charge is 2.15. The van der Waals surface area contributed by atoms with E-state index in [4.69, 9.17) is 4.74 Å². The molecule has 0 saturated carbocycles. The molecule has 2 aromatic carbocycles. The summed E-state index contributed by atoms with van der Waals surface area (Å²) in [5.41, 5.74) is 2.82. The summed E-state index contributed by atoms with van der Waals surface area (Å²) in [6, 6.07) is 13.7. The molecule has 6 nitrogen and oxygen atoms in total. The van der Waals surface area contributed by atoms with E-state index in [1.807, 2.05) is 36.4 Å². The van der Waals surface area contributed by atoms with Gasteiger partial charge in [0.05, 0.1) is 27.0 Å². The number of fused-ring (bicyclic) bond motifs is 2. The van der Waals surface area contributed by atoms with Crippen molar-refractivity contribution in [2.45, 2.75) is 26.8 Å². The van der Waals surface area contributed by atoms with E-state index in [0.29, 0.717) is 16.4 Å². The van der Waals surface area contributed by atoms with Crippen molar-refractivity contribution in [2.24, 2.45) is 4.99 Å². The first-order valence-electron chi connectivity index (χ1n) is 9.31. The van der Waals surface area contributed by atoms with Crippen molar-refractivity contribution >= 4 is 55.0 Å². The quantitative estimate of drug-likeness (QED) is 0.450. The monoisotopic (exact) mass is 425 g/mol. The summed E-state index contributed by atoms with van der Waals surface area (Å²) in [7, 11) is 0. The number of rotatable bonds is 5. The molecule has 0 bridgehead atoms. The minimum absolute atomic E-state index is 0.00523. The fourth-order valence-electron chi connectivity index (χ4n) is 3.01. The second-order valence-corrected chi connectivity index (χ2v) is 8.37. The third-order valence-corrected chi connectivity index (χ3v) is 6.49. The van der Waals surface area contributed by atoms with E-state index in [-0.39, 0.29) is 12.5 Å². The van der Waals surface area contributed by atoms with Gasteiger partial charge in [0, 0.05) is 0 Å². The van der Waals surface area contributed by atoms with Crippen molar-refractivity contribution in [1.29, 1.82) is 0 Å². The molecule has 1 amide bonds. The van der Waals surface area contributed by atoms with E-state index in [1.54, 1.807) is 11.5 Å². The summed E-state index contributed by atoms with van der Waals surface area (Å²) in [4.78, 5) is 34.1. The Morgan fingerprint density at radius 1 is 1.10 bits per heavy atom. The van der Waals surface area contributed by atoms with Crippen LogP contribution in [-0.4, -0.2) is 28.0 Å². The van der Waals surface area contributed by atoms with Gasteiger partial charge in [-0.2, -0.15) is 4.99 Å². The third kappa shape index (κ3) is 3.99. The molecule has 29 heavy (non-hydrogen) atoms. The van der Waals surface area contributed by atoms with Gasteiger partial charge in [-0.3, -0.25) is 9.59 Å². The number of nitrogens with zero attached hydrogens (tertiary/aromatic N) is 3. The molecule has 2 aromatic heterocycles. The van der Waals surface area contributed by atoms with Gasteiger partial charge < -0.3 is 9.30 Å². The van der Waals surface area contributed by atoms with Crippen molar-refractivity contribution < 1.29 is 14.3 Å². The average Bonchev–Trinajstić information content (AvgIpc) is 3.29. The van der Waals surface area contributed by atoms with Gasteiger partial charge in [-0.25, -0.2) is 4.98 Å². The van der Waals surface area contributed by atoms with Gasteiger partial charge in [0.2, 0.25) is 0 Å². The Morgan fingerprint density at radius 3 is 2.69 bits per heavy atom. The molecule has 4 aromatic rings. The van der Waals surface area contributed by atoms with Gasteiger partial charge in [-0.1, -0.05) is 36.5 Å². The smallest absolute Gasteiger partial charge is 0.326 e. The van der Waals surface area contributed by atoms with E-state index < -0.39 is 5.91 Å². The molecule has 8 heteroatoms. The Bertz CT molecular complexity index is 1250. The molecule has 0 fully saturated rings. The Labute approximate surface area is 175 Å². The van der Waals surface area contributed by atoms with Gasteiger partial charge in [-0.15, -0.1) is 11.3 Å². The molecule has 0 atom stereocenters. The summed E-state index contributed by atoms with van der Waals surface area (Å²) >= 11 is 2.70. The zero-order valence-corrected chi connectivity index (χ0v) is 17.7. The number of benzene rings is 2. The van der Waals surface area contributed by atoms with E-state index in [0.717, 1.165) is 26.9 Å². The minimum Gasteiger partial charge on any atom is -0.465 e. The number of hydrogen-bond donors (Lipinski definition) is 0. The van der Waals surface area contributed by atoms with Crippen molar-refractivity contribution in [3.63, 3.8) is 0 Å². The van der Waals surface area contributed by atoms with Crippen LogP contribution in [0.4, 0.5) is 0 Å². The molecular weight excluding hydrogens is 406 g/mol. The highest BCUT2D eigenvalue weighted by atomic mass is 32.1. The van der Waals surface area contributed by atoms with Crippen LogP contribution in [-0.2, 0) is 22.5 Å². The van der Waals surface area contributed by atoms with Gasteiger partial charge in [-0.05, 0) is 43.2 Å². The molecule has 2 heterocycles. The molecule has 4 rings (SSSR count). The molecule has 0 aliphatic carbocycles. The Kier molecular flexibility index (Phi) is 5.55. The summed E-state index contributed by atoms with van der Waals surface area (Å²) < 4.78 is 8.76. The van der Waals surface area contributed by atoms with Gasteiger partial charge >= 0.3 is 11.9 Å². The number of aromatic nitrogens is 2. The van der Waals surface area contributed by atoms with Crippen LogP contribution in [0.1, 0.15) is 29.2 Å². The van der Waals surface area contributed by atoms with Crippen LogP contribution in [0.5, 0.6) is 0 Å². The highest BCUT2D eigenvalue weighted by Crippen LogP contribution is 2.23. The number of aryl methyl sites for hydroxylation is 1. The lowest BCUT2D eigenvalue weighted by Crippen LogP contribution is -2.23. The highest BCUT2D eigenvalue weighted by molar-refractivity contribution is 7.20. The standard InChI is InChI=1S/C21H19N3O3S2/c1-3-13-9-10-15-17(11-13)29-21(24(15)12-18(25)27-4-2)23-19(26)20-22-14-7-5-6-8-16(14)28-20/h5-11H,3-4,12H2,1-2H3. The number of thiazole rings is 2. The average molecular weight is 426 g/mol. The predicted molar refractivity (Wildman–Crippen MR) is 115 cm³/mol.